The molecule has 0 bridgehead atoms. The van der Waals surface area contributed by atoms with Crippen molar-refractivity contribution in [3.63, 3.8) is 0 Å². The van der Waals surface area contributed by atoms with Crippen LogP contribution in [-0.2, 0) is 17.6 Å². The molecule has 2 heterocycles. The highest BCUT2D eigenvalue weighted by Crippen LogP contribution is 2.32. The fourth-order valence-corrected chi connectivity index (χ4v) is 5.90. The highest BCUT2D eigenvalue weighted by molar-refractivity contribution is 5.84. The maximum absolute atomic E-state index is 14.1. The minimum atomic E-state index is -0.391. The third kappa shape index (κ3) is 6.43. The Balaban J connectivity index is 1.28. The van der Waals surface area contributed by atoms with Gasteiger partial charge in [0, 0.05) is 24.0 Å². The minimum absolute atomic E-state index is 0.0810. The maximum atomic E-state index is 14.1. The molecule has 1 unspecified atom stereocenters. The number of nitrogens with zero attached hydrogens (tertiary/aromatic N) is 4. The topological polar surface area (TPSA) is 109 Å². The number of rotatable bonds is 10. The number of hydrogen-bond donors (Lipinski definition) is 0. The quantitative estimate of drug-likeness (QED) is 0.173. The maximum Gasteiger partial charge on any atom is 0.417 e. The monoisotopic (exact) mass is 604 g/mol. The van der Waals surface area contributed by atoms with E-state index in [1.54, 1.807) is 4.57 Å². The van der Waals surface area contributed by atoms with E-state index in [0.717, 1.165) is 53.6 Å². The van der Waals surface area contributed by atoms with Gasteiger partial charge in [0.15, 0.2) is 11.9 Å². The number of ether oxygens (including phenoxy) is 2. The number of hydrogen-bond acceptors (Lipinski definition) is 8. The van der Waals surface area contributed by atoms with Crippen LogP contribution in [0.3, 0.4) is 0 Å². The molecule has 0 spiro atoms. The molecule has 1 aliphatic rings. The second-order valence-electron chi connectivity index (χ2n) is 11.3. The van der Waals surface area contributed by atoms with Crippen molar-refractivity contribution in [3.05, 3.63) is 106 Å². The lowest BCUT2D eigenvalue weighted by atomic mass is 9.96. The van der Waals surface area contributed by atoms with Gasteiger partial charge < -0.3 is 9.47 Å². The first-order chi connectivity index (χ1) is 21.9. The average molecular weight is 605 g/mol. The number of Topliss-reactive ketones (excluding diaryl/α,β-unsaturated/α-hetero) is 1. The van der Waals surface area contributed by atoms with Gasteiger partial charge in [-0.15, -0.1) is 0 Å². The predicted molar refractivity (Wildman–Crippen MR) is 171 cm³/mol. The lowest BCUT2D eigenvalue weighted by Gasteiger charge is -2.22. The Morgan fingerprint density at radius 2 is 1.69 bits per heavy atom. The molecule has 0 N–H and O–H groups in total. The van der Waals surface area contributed by atoms with Crippen molar-refractivity contribution in [2.24, 2.45) is 0 Å². The van der Waals surface area contributed by atoms with Crippen molar-refractivity contribution in [3.8, 4) is 40.0 Å². The van der Waals surface area contributed by atoms with Gasteiger partial charge in [0.05, 0.1) is 18.5 Å². The molecular formula is C36H36N4O5. The number of ketones is 1. The van der Waals surface area contributed by atoms with Gasteiger partial charge in [-0.2, -0.15) is 4.98 Å². The summed E-state index contributed by atoms with van der Waals surface area (Å²) in [6.07, 6.45) is 5.00. The van der Waals surface area contributed by atoms with Crippen LogP contribution < -0.4 is 15.0 Å². The Labute approximate surface area is 261 Å². The summed E-state index contributed by atoms with van der Waals surface area (Å²) in [5.74, 6) is 1.86. The number of carbonyl (C=O) groups is 1. The zero-order chi connectivity index (χ0) is 31.3. The van der Waals surface area contributed by atoms with E-state index in [2.05, 4.69) is 17.1 Å². The van der Waals surface area contributed by atoms with E-state index >= 15 is 0 Å². The Bertz CT molecular complexity index is 1860. The Morgan fingerprint density at radius 3 is 2.38 bits per heavy atom. The molecule has 5 aromatic rings. The van der Waals surface area contributed by atoms with Gasteiger partial charge in [-0.25, -0.2) is 4.98 Å². The van der Waals surface area contributed by atoms with Crippen molar-refractivity contribution in [2.75, 3.05) is 7.11 Å². The Hall–Kier alpha value is -5.05. The molecule has 0 amide bonds. The Kier molecular flexibility index (Phi) is 8.86. The highest BCUT2D eigenvalue weighted by Gasteiger charge is 2.24. The van der Waals surface area contributed by atoms with Gasteiger partial charge in [0.1, 0.15) is 11.6 Å². The lowest BCUT2D eigenvalue weighted by molar-refractivity contribution is -0.127. The smallest absolute Gasteiger partial charge is 0.417 e. The molecule has 1 fully saturated rings. The number of carbonyl (C=O) groups excluding carboxylic acids is 1. The summed E-state index contributed by atoms with van der Waals surface area (Å²) in [4.78, 5) is 35.5. The van der Waals surface area contributed by atoms with Crippen molar-refractivity contribution in [1.29, 1.82) is 0 Å². The molecule has 1 atom stereocenters. The van der Waals surface area contributed by atoms with Crippen molar-refractivity contribution in [2.45, 2.75) is 64.9 Å². The van der Waals surface area contributed by atoms with E-state index < -0.39 is 6.10 Å². The lowest BCUT2D eigenvalue weighted by Crippen LogP contribution is -2.30. The molecule has 230 valence electrons. The zero-order valence-electron chi connectivity index (χ0n) is 25.8. The molecular weight excluding hydrogens is 568 g/mol. The van der Waals surface area contributed by atoms with Crippen LogP contribution in [0.2, 0.25) is 0 Å². The fourth-order valence-electron chi connectivity index (χ4n) is 5.90. The molecule has 1 saturated carbocycles. The van der Waals surface area contributed by atoms with Gasteiger partial charge in [-0.05, 0) is 73.6 Å². The van der Waals surface area contributed by atoms with Crippen LogP contribution in [0, 0.1) is 6.92 Å². The summed E-state index contributed by atoms with van der Waals surface area (Å²) in [6, 6.07) is 23.4. The Morgan fingerprint density at radius 1 is 0.933 bits per heavy atom. The van der Waals surface area contributed by atoms with Gasteiger partial charge in [-0.1, -0.05) is 67.0 Å². The van der Waals surface area contributed by atoms with Gasteiger partial charge >= 0.3 is 6.08 Å². The normalized spacial score (nSPS) is 14.8. The predicted octanol–water partition coefficient (Wildman–Crippen LogP) is 6.70. The largest absolute Gasteiger partial charge is 0.483 e. The molecule has 0 radical (unpaired) electrons. The number of aromatic nitrogens is 4. The zero-order valence-corrected chi connectivity index (χ0v) is 25.8. The molecule has 6 rings (SSSR count). The first-order valence-electron chi connectivity index (χ1n) is 15.4. The molecule has 2 aromatic heterocycles. The number of methoxy groups -OCH3 is 1. The highest BCUT2D eigenvalue weighted by atomic mass is 16.6. The second-order valence-corrected chi connectivity index (χ2v) is 11.3. The third-order valence-electron chi connectivity index (χ3n) is 8.18. The summed E-state index contributed by atoms with van der Waals surface area (Å²) in [5, 5.41) is 4.05. The van der Waals surface area contributed by atoms with E-state index in [4.69, 9.17) is 19.0 Å². The molecule has 9 heteroatoms. The van der Waals surface area contributed by atoms with Crippen LogP contribution in [0.25, 0.3) is 28.2 Å². The van der Waals surface area contributed by atoms with Crippen LogP contribution in [0.1, 0.15) is 61.7 Å². The van der Waals surface area contributed by atoms with E-state index in [0.29, 0.717) is 47.9 Å². The van der Waals surface area contributed by atoms with E-state index in [9.17, 15) is 9.59 Å². The summed E-state index contributed by atoms with van der Waals surface area (Å²) in [7, 11) is 1.49. The summed E-state index contributed by atoms with van der Waals surface area (Å²) in [6.45, 7) is 3.95. The molecule has 0 aliphatic heterocycles. The van der Waals surface area contributed by atoms with Crippen molar-refractivity contribution >= 4 is 5.78 Å². The number of benzene rings is 3. The van der Waals surface area contributed by atoms with E-state index in [1.165, 1.54) is 7.11 Å². The summed E-state index contributed by atoms with van der Waals surface area (Å²) >= 11 is 0. The van der Waals surface area contributed by atoms with Crippen LogP contribution in [0.4, 0.5) is 0 Å². The summed E-state index contributed by atoms with van der Waals surface area (Å²) in [5.41, 5.74) is 5.92. The average Bonchev–Trinajstić information content (AvgIpc) is 3.55. The molecule has 45 heavy (non-hydrogen) atoms. The first kappa shape index (κ1) is 30.0. The molecule has 0 saturated heterocycles. The van der Waals surface area contributed by atoms with Crippen molar-refractivity contribution in [1.82, 2.24) is 19.7 Å². The third-order valence-corrected chi connectivity index (χ3v) is 8.18. The summed E-state index contributed by atoms with van der Waals surface area (Å²) < 4.78 is 17.8. The standard InChI is InChI=1S/C36H36N4O5/c1-4-9-31-30(22-24-14-16-25(17-15-24)28-10-5-6-11-29(28)34-38-36(43-3)45-39-34)35(42)40(23(2)37-31)26-18-20-27(21-19-26)44-33-13-8-7-12-32(33)41/h5-6,10-11,14-21,33H,4,7-9,12-13,22H2,1-3H3. The van der Waals surface area contributed by atoms with Crippen molar-refractivity contribution < 1.29 is 18.8 Å². The minimum Gasteiger partial charge on any atom is -0.483 e. The fraction of sp³-hybridized carbons (Fsp3) is 0.306. The van der Waals surface area contributed by atoms with Crippen LogP contribution in [0.15, 0.2) is 82.1 Å². The molecule has 1 aliphatic carbocycles. The SMILES string of the molecule is CCCc1nc(C)n(-c2ccc(OC3CCCCC3=O)cc2)c(=O)c1Cc1ccc(-c2ccccc2-c2noc(OC)n2)cc1. The first-order valence-corrected chi connectivity index (χ1v) is 15.4. The van der Waals surface area contributed by atoms with E-state index in [-0.39, 0.29) is 17.4 Å². The van der Waals surface area contributed by atoms with E-state index in [1.807, 2.05) is 79.7 Å². The second kappa shape index (κ2) is 13.3. The van der Waals surface area contributed by atoms with Gasteiger partial charge in [-0.3, -0.25) is 18.7 Å². The number of aryl methyl sites for hydroxylation is 2. The van der Waals surface area contributed by atoms with Gasteiger partial charge in [0.2, 0.25) is 5.82 Å². The van der Waals surface area contributed by atoms with Crippen LogP contribution in [0.5, 0.6) is 11.8 Å². The van der Waals surface area contributed by atoms with Gasteiger partial charge in [0.25, 0.3) is 5.56 Å². The van der Waals surface area contributed by atoms with Crippen LogP contribution in [-0.4, -0.2) is 38.7 Å². The molecule has 3 aromatic carbocycles. The van der Waals surface area contributed by atoms with Crippen LogP contribution >= 0.6 is 0 Å². The molecule has 9 nitrogen and oxygen atoms in total.